The lowest BCUT2D eigenvalue weighted by molar-refractivity contribution is -0.160. The third-order valence-electron chi connectivity index (χ3n) is 4.32. The first-order valence-electron chi connectivity index (χ1n) is 9.60. The van der Waals surface area contributed by atoms with Gasteiger partial charge in [-0.3, -0.25) is 9.36 Å². The van der Waals surface area contributed by atoms with Crippen molar-refractivity contribution in [2.75, 3.05) is 6.79 Å². The highest BCUT2D eigenvalue weighted by atomic mass is 79.9. The summed E-state index contributed by atoms with van der Waals surface area (Å²) in [6.07, 6.45) is -15.6. The van der Waals surface area contributed by atoms with Crippen molar-refractivity contribution < 1.29 is 53.8 Å². The fourth-order valence-electron chi connectivity index (χ4n) is 2.44. The van der Waals surface area contributed by atoms with E-state index >= 15 is 0 Å². The van der Waals surface area contributed by atoms with E-state index < -0.39 is 75.2 Å². The molecule has 0 saturated carbocycles. The van der Waals surface area contributed by atoms with Crippen molar-refractivity contribution >= 4 is 27.6 Å². The Morgan fingerprint density at radius 2 is 1.56 bits per heavy atom. The van der Waals surface area contributed by atoms with Crippen LogP contribution in [0.2, 0.25) is 0 Å². The molecule has 0 aliphatic heterocycles. The lowest BCUT2D eigenvalue weighted by atomic mass is 9.98. The molecule has 0 radical (unpaired) electrons. The van der Waals surface area contributed by atoms with Crippen molar-refractivity contribution in [3.05, 3.63) is 45.1 Å². The molecule has 2 rings (SSSR count). The van der Waals surface area contributed by atoms with Crippen LogP contribution < -0.4 is 10.4 Å². The number of nitrogens with zero attached hydrogens (tertiary/aromatic N) is 3. The molecule has 1 heterocycles. The largest absolute Gasteiger partial charge is 0.442 e. The summed E-state index contributed by atoms with van der Waals surface area (Å²) in [6.45, 7) is 3.66. The van der Waals surface area contributed by atoms with Gasteiger partial charge in [-0.15, -0.1) is 0 Å². The highest BCUT2D eigenvalue weighted by Crippen LogP contribution is 2.43. The summed E-state index contributed by atoms with van der Waals surface area (Å²) in [5.41, 5.74) is -8.02. The number of alkyl halides is 9. The first-order valence-corrected chi connectivity index (χ1v) is 10.4. The Kier molecular flexibility index (Phi) is 8.13. The molecular weight excluding hydrogens is 581 g/mol. The van der Waals surface area contributed by atoms with Gasteiger partial charge in [-0.2, -0.15) is 39.5 Å². The van der Waals surface area contributed by atoms with Crippen LogP contribution in [0.25, 0.3) is 0 Å². The van der Waals surface area contributed by atoms with E-state index in [1.807, 2.05) is 0 Å². The number of ether oxygens (including phenoxy) is 2. The third kappa shape index (κ3) is 7.13. The van der Waals surface area contributed by atoms with Crippen LogP contribution in [-0.4, -0.2) is 22.3 Å². The van der Waals surface area contributed by atoms with E-state index in [-0.39, 0.29) is 12.1 Å². The SMILES string of the molecule is Cn1c(OCOC(=O)C(C)(C)C)cc(C(F)(F)F)nc1=Nc1cc(C(F)(F)F)cc(C(F)(F)F)c1Br. The average Bonchev–Trinajstić information content (AvgIpc) is 2.68. The minimum absolute atomic E-state index is 0.166. The van der Waals surface area contributed by atoms with Gasteiger partial charge in [0.25, 0.3) is 0 Å². The van der Waals surface area contributed by atoms with Crippen LogP contribution in [0.3, 0.4) is 0 Å². The van der Waals surface area contributed by atoms with Crippen LogP contribution >= 0.6 is 15.9 Å². The number of hydrogen-bond donors (Lipinski definition) is 0. The highest BCUT2D eigenvalue weighted by molar-refractivity contribution is 9.10. The summed E-state index contributed by atoms with van der Waals surface area (Å²) in [4.78, 5) is 18.6. The molecule has 0 fully saturated rings. The number of carbonyl (C=O) groups excluding carboxylic acids is 1. The molecule has 0 aliphatic rings. The highest BCUT2D eigenvalue weighted by Gasteiger charge is 2.39. The number of rotatable bonds is 4. The van der Waals surface area contributed by atoms with Gasteiger partial charge in [0.1, 0.15) is 0 Å². The number of aromatic nitrogens is 2. The van der Waals surface area contributed by atoms with Crippen molar-refractivity contribution in [2.24, 2.45) is 17.5 Å². The standard InChI is InChI=1S/C20H17BrF9N3O3/c1-17(2,3)15(34)36-8-35-13-7-12(20(28,29)30)32-16(33(13)4)31-11-6-9(18(22,23)24)5-10(14(11)21)19(25,26)27/h5-7H,8H2,1-4H3. The zero-order valence-corrected chi connectivity index (χ0v) is 20.4. The molecule has 6 nitrogen and oxygen atoms in total. The topological polar surface area (TPSA) is 65.7 Å². The Bertz CT molecular complexity index is 1210. The maximum atomic E-state index is 13.4. The summed E-state index contributed by atoms with van der Waals surface area (Å²) in [5, 5.41) is 0. The zero-order valence-electron chi connectivity index (χ0n) is 18.8. The van der Waals surface area contributed by atoms with Gasteiger partial charge in [0, 0.05) is 13.1 Å². The normalized spacial score (nSPS) is 13.7. The molecule has 0 unspecified atom stereocenters. The first kappa shape index (κ1) is 29.5. The molecule has 1 aromatic carbocycles. The molecule has 16 heteroatoms. The minimum Gasteiger partial charge on any atom is -0.442 e. The number of halogens is 10. The van der Waals surface area contributed by atoms with Crippen LogP contribution in [0.1, 0.15) is 37.6 Å². The summed E-state index contributed by atoms with van der Waals surface area (Å²) < 4.78 is 129. The lowest BCUT2D eigenvalue weighted by Gasteiger charge is -2.18. The summed E-state index contributed by atoms with van der Waals surface area (Å²) >= 11 is 2.52. The molecule has 0 atom stereocenters. The Morgan fingerprint density at radius 3 is 2.03 bits per heavy atom. The Labute approximate surface area is 205 Å². The Balaban J connectivity index is 2.72. The van der Waals surface area contributed by atoms with Gasteiger partial charge in [0.2, 0.25) is 18.3 Å². The Morgan fingerprint density at radius 1 is 0.972 bits per heavy atom. The predicted molar refractivity (Wildman–Crippen MR) is 109 cm³/mol. The Hall–Kier alpha value is -2.78. The van der Waals surface area contributed by atoms with E-state index in [0.29, 0.717) is 6.07 Å². The molecule has 0 aliphatic carbocycles. The molecule has 36 heavy (non-hydrogen) atoms. The van der Waals surface area contributed by atoms with Crippen LogP contribution in [0.5, 0.6) is 5.88 Å². The number of esters is 1. The van der Waals surface area contributed by atoms with Gasteiger partial charge < -0.3 is 9.47 Å². The van der Waals surface area contributed by atoms with Gasteiger partial charge in [0.15, 0.2) is 5.69 Å². The second kappa shape index (κ2) is 9.94. The molecule has 1 aromatic heterocycles. The monoisotopic (exact) mass is 597 g/mol. The number of benzene rings is 1. The maximum absolute atomic E-state index is 13.4. The van der Waals surface area contributed by atoms with Crippen LogP contribution in [0, 0.1) is 5.41 Å². The average molecular weight is 598 g/mol. The van der Waals surface area contributed by atoms with Gasteiger partial charge >= 0.3 is 24.5 Å². The fourth-order valence-corrected chi connectivity index (χ4v) is 2.98. The summed E-state index contributed by atoms with van der Waals surface area (Å²) in [6, 6.07) is 0.444. The van der Waals surface area contributed by atoms with Gasteiger partial charge in [-0.05, 0) is 48.8 Å². The smallest absolute Gasteiger partial charge is 0.433 e. The minimum atomic E-state index is -5.25. The number of hydrogen-bond acceptors (Lipinski definition) is 5. The predicted octanol–water partition coefficient (Wildman–Crippen LogP) is 6.40. The van der Waals surface area contributed by atoms with E-state index in [1.54, 1.807) is 0 Å². The molecule has 0 spiro atoms. The van der Waals surface area contributed by atoms with Gasteiger partial charge in [-0.1, -0.05) is 0 Å². The van der Waals surface area contributed by atoms with Crippen molar-refractivity contribution in [3.8, 4) is 5.88 Å². The molecule has 2 aromatic rings. The van der Waals surface area contributed by atoms with Gasteiger partial charge in [-0.25, -0.2) is 9.98 Å². The molecule has 0 N–H and O–H groups in total. The van der Waals surface area contributed by atoms with Crippen molar-refractivity contribution in [3.63, 3.8) is 0 Å². The van der Waals surface area contributed by atoms with E-state index in [0.717, 1.165) is 11.6 Å². The van der Waals surface area contributed by atoms with Crippen LogP contribution in [0.15, 0.2) is 27.7 Å². The van der Waals surface area contributed by atoms with E-state index in [4.69, 9.17) is 9.47 Å². The molecule has 200 valence electrons. The quantitative estimate of drug-likeness (QED) is 0.232. The van der Waals surface area contributed by atoms with Crippen molar-refractivity contribution in [1.82, 2.24) is 9.55 Å². The molecule has 0 saturated heterocycles. The van der Waals surface area contributed by atoms with E-state index in [1.165, 1.54) is 20.8 Å². The number of carbonyl (C=O) groups is 1. The first-order chi connectivity index (χ1) is 16.1. The van der Waals surface area contributed by atoms with Gasteiger partial charge in [0.05, 0.1) is 26.7 Å². The summed E-state index contributed by atoms with van der Waals surface area (Å²) in [5.74, 6) is -1.40. The third-order valence-corrected chi connectivity index (χ3v) is 5.15. The van der Waals surface area contributed by atoms with E-state index in [2.05, 4.69) is 25.9 Å². The second-order valence-electron chi connectivity index (χ2n) is 8.24. The molecule has 0 amide bonds. The second-order valence-corrected chi connectivity index (χ2v) is 9.04. The maximum Gasteiger partial charge on any atom is 0.433 e. The van der Waals surface area contributed by atoms with Crippen molar-refractivity contribution in [2.45, 2.75) is 39.3 Å². The molecule has 0 bridgehead atoms. The van der Waals surface area contributed by atoms with E-state index in [9.17, 15) is 44.3 Å². The molecular formula is C20H17BrF9N3O3. The zero-order chi connectivity index (χ0) is 27.9. The van der Waals surface area contributed by atoms with Crippen LogP contribution in [-0.2, 0) is 35.1 Å². The van der Waals surface area contributed by atoms with Crippen LogP contribution in [0.4, 0.5) is 45.2 Å². The lowest BCUT2D eigenvalue weighted by Crippen LogP contribution is -2.29. The summed E-state index contributed by atoms with van der Waals surface area (Å²) in [7, 11) is 1.04. The van der Waals surface area contributed by atoms with Crippen molar-refractivity contribution in [1.29, 1.82) is 0 Å². The fraction of sp³-hybridized carbons (Fsp3) is 0.450.